The molecule has 0 aliphatic carbocycles. The molecule has 0 saturated heterocycles. The Morgan fingerprint density at radius 2 is 2.10 bits per heavy atom. The van der Waals surface area contributed by atoms with Crippen LogP contribution >= 0.6 is 0 Å². The zero-order valence-corrected chi connectivity index (χ0v) is 11.2. The molecule has 3 rings (SSSR count). The van der Waals surface area contributed by atoms with Crippen LogP contribution in [0.4, 0.5) is 0 Å². The Morgan fingerprint density at radius 3 is 2.76 bits per heavy atom. The van der Waals surface area contributed by atoms with Gasteiger partial charge in [-0.1, -0.05) is 0 Å². The number of hydrogen-bond acceptors (Lipinski definition) is 4. The van der Waals surface area contributed by atoms with E-state index < -0.39 is 5.97 Å². The number of aromatic nitrogens is 4. The van der Waals surface area contributed by atoms with Gasteiger partial charge in [0.05, 0.1) is 17.7 Å². The molecule has 0 fully saturated rings. The summed E-state index contributed by atoms with van der Waals surface area (Å²) in [5.74, 6) is -1.06. The van der Waals surface area contributed by atoms with Crippen molar-refractivity contribution in [1.29, 1.82) is 0 Å². The van der Waals surface area contributed by atoms with E-state index in [4.69, 9.17) is 5.11 Å². The van der Waals surface area contributed by atoms with Crippen LogP contribution in [0.1, 0.15) is 11.3 Å². The van der Waals surface area contributed by atoms with Crippen molar-refractivity contribution in [2.75, 3.05) is 0 Å². The van der Waals surface area contributed by atoms with Crippen LogP contribution in [0.25, 0.3) is 16.9 Å². The summed E-state index contributed by atoms with van der Waals surface area (Å²) in [6.45, 7) is 1.64. The van der Waals surface area contributed by atoms with Gasteiger partial charge in [-0.05, 0) is 19.1 Å². The first kappa shape index (κ1) is 13.0. The molecule has 0 aliphatic rings. The SMILES string of the molecule is Cc1nc2cc(-c3ccncc3)[nH]n2c(=O)c1CC(=O)O. The summed E-state index contributed by atoms with van der Waals surface area (Å²) in [4.78, 5) is 31.4. The Morgan fingerprint density at radius 1 is 1.38 bits per heavy atom. The number of aliphatic carboxylic acids is 1. The molecular weight excluding hydrogens is 272 g/mol. The van der Waals surface area contributed by atoms with Crippen molar-refractivity contribution in [3.05, 3.63) is 52.2 Å². The van der Waals surface area contributed by atoms with Crippen LogP contribution in [0, 0.1) is 6.92 Å². The number of H-pyrrole nitrogens is 1. The highest BCUT2D eigenvalue weighted by Crippen LogP contribution is 2.17. The maximum atomic E-state index is 12.3. The van der Waals surface area contributed by atoms with E-state index in [0.717, 1.165) is 5.56 Å². The summed E-state index contributed by atoms with van der Waals surface area (Å²) >= 11 is 0. The minimum Gasteiger partial charge on any atom is -0.481 e. The average Bonchev–Trinajstić information content (AvgIpc) is 2.88. The van der Waals surface area contributed by atoms with Crippen molar-refractivity contribution in [2.45, 2.75) is 13.3 Å². The van der Waals surface area contributed by atoms with Gasteiger partial charge >= 0.3 is 5.97 Å². The zero-order chi connectivity index (χ0) is 15.0. The Labute approximate surface area is 118 Å². The van der Waals surface area contributed by atoms with Crippen LogP contribution in [0.15, 0.2) is 35.4 Å². The molecule has 0 aromatic carbocycles. The van der Waals surface area contributed by atoms with Crippen molar-refractivity contribution in [1.82, 2.24) is 19.6 Å². The summed E-state index contributed by atoms with van der Waals surface area (Å²) in [5.41, 5.74) is 2.27. The van der Waals surface area contributed by atoms with E-state index in [-0.39, 0.29) is 17.5 Å². The first-order valence-electron chi connectivity index (χ1n) is 6.29. The maximum absolute atomic E-state index is 12.3. The van der Waals surface area contributed by atoms with E-state index in [9.17, 15) is 9.59 Å². The highest BCUT2D eigenvalue weighted by molar-refractivity contribution is 5.71. The lowest BCUT2D eigenvalue weighted by molar-refractivity contribution is -0.136. The topological polar surface area (TPSA) is 100 Å². The number of fused-ring (bicyclic) bond motifs is 1. The number of carboxylic acids is 1. The smallest absolute Gasteiger partial charge is 0.308 e. The molecule has 0 radical (unpaired) electrons. The van der Waals surface area contributed by atoms with E-state index in [1.807, 2.05) is 0 Å². The van der Waals surface area contributed by atoms with E-state index in [1.165, 1.54) is 4.52 Å². The molecule has 3 heterocycles. The lowest BCUT2D eigenvalue weighted by Gasteiger charge is -2.02. The molecule has 3 aromatic rings. The zero-order valence-electron chi connectivity index (χ0n) is 11.2. The number of carboxylic acid groups (broad SMARTS) is 1. The molecule has 106 valence electrons. The molecule has 0 bridgehead atoms. The summed E-state index contributed by atoms with van der Waals surface area (Å²) in [7, 11) is 0. The van der Waals surface area contributed by atoms with Gasteiger partial charge in [0.2, 0.25) is 0 Å². The molecule has 7 nitrogen and oxygen atoms in total. The summed E-state index contributed by atoms with van der Waals surface area (Å²) in [5, 5.41) is 11.8. The predicted octanol–water partition coefficient (Wildman–Crippen LogP) is 1.02. The molecule has 0 amide bonds. The number of aromatic amines is 1. The minimum absolute atomic E-state index is 0.183. The van der Waals surface area contributed by atoms with Gasteiger partial charge in [0.25, 0.3) is 5.56 Å². The van der Waals surface area contributed by atoms with Gasteiger partial charge in [-0.2, -0.15) is 0 Å². The van der Waals surface area contributed by atoms with Gasteiger partial charge < -0.3 is 5.11 Å². The average molecular weight is 284 g/mol. The van der Waals surface area contributed by atoms with Crippen molar-refractivity contribution in [3.8, 4) is 11.3 Å². The molecule has 7 heteroatoms. The van der Waals surface area contributed by atoms with Crippen LogP contribution in [0.3, 0.4) is 0 Å². The largest absolute Gasteiger partial charge is 0.481 e. The number of hydrogen-bond donors (Lipinski definition) is 2. The van der Waals surface area contributed by atoms with E-state index in [2.05, 4.69) is 15.1 Å². The van der Waals surface area contributed by atoms with Gasteiger partial charge in [-0.3, -0.25) is 19.7 Å². The van der Waals surface area contributed by atoms with Crippen molar-refractivity contribution < 1.29 is 9.90 Å². The normalized spacial score (nSPS) is 10.9. The van der Waals surface area contributed by atoms with Crippen LogP contribution in [-0.4, -0.2) is 30.7 Å². The van der Waals surface area contributed by atoms with Gasteiger partial charge in [-0.15, -0.1) is 0 Å². The van der Waals surface area contributed by atoms with Crippen molar-refractivity contribution in [2.24, 2.45) is 0 Å². The Hall–Kier alpha value is -2.96. The van der Waals surface area contributed by atoms with E-state index in [0.29, 0.717) is 17.0 Å². The number of nitrogens with one attached hydrogen (secondary N) is 1. The number of aryl methyl sites for hydroxylation is 1. The molecule has 0 spiro atoms. The molecule has 0 atom stereocenters. The van der Waals surface area contributed by atoms with E-state index >= 15 is 0 Å². The third-order valence-electron chi connectivity index (χ3n) is 3.23. The summed E-state index contributed by atoms with van der Waals surface area (Å²) < 4.78 is 1.26. The number of carbonyl (C=O) groups is 1. The Bertz CT molecular complexity index is 880. The van der Waals surface area contributed by atoms with Gasteiger partial charge in [0.15, 0.2) is 5.65 Å². The second kappa shape index (κ2) is 4.86. The fourth-order valence-corrected chi connectivity index (χ4v) is 2.20. The molecule has 0 aliphatic heterocycles. The third-order valence-corrected chi connectivity index (χ3v) is 3.23. The highest BCUT2D eigenvalue weighted by Gasteiger charge is 2.15. The van der Waals surface area contributed by atoms with Gasteiger partial charge in [0.1, 0.15) is 0 Å². The van der Waals surface area contributed by atoms with Gasteiger partial charge in [0, 0.05) is 29.7 Å². The second-order valence-corrected chi connectivity index (χ2v) is 4.65. The van der Waals surface area contributed by atoms with Gasteiger partial charge in [-0.25, -0.2) is 9.50 Å². The Balaban J connectivity index is 2.21. The fraction of sp³-hybridized carbons (Fsp3) is 0.143. The number of pyridine rings is 1. The second-order valence-electron chi connectivity index (χ2n) is 4.65. The standard InChI is InChI=1S/C14H12N4O3/c1-8-10(6-13(19)20)14(21)18-12(16-8)7-11(17-18)9-2-4-15-5-3-9/h2-5,7,17H,6H2,1H3,(H,19,20). The minimum atomic E-state index is -1.06. The first-order valence-corrected chi connectivity index (χ1v) is 6.29. The summed E-state index contributed by atoms with van der Waals surface area (Å²) in [6.07, 6.45) is 2.96. The lowest BCUT2D eigenvalue weighted by atomic mass is 10.2. The monoisotopic (exact) mass is 284 g/mol. The number of nitrogens with zero attached hydrogens (tertiary/aromatic N) is 3. The molecular formula is C14H12N4O3. The maximum Gasteiger partial charge on any atom is 0.308 e. The first-order chi connectivity index (χ1) is 10.1. The summed E-state index contributed by atoms with van der Waals surface area (Å²) in [6, 6.07) is 5.36. The van der Waals surface area contributed by atoms with Crippen LogP contribution in [0.2, 0.25) is 0 Å². The molecule has 21 heavy (non-hydrogen) atoms. The van der Waals surface area contributed by atoms with Crippen LogP contribution in [0.5, 0.6) is 0 Å². The Kier molecular flexibility index (Phi) is 3.02. The molecule has 2 N–H and O–H groups in total. The van der Waals surface area contributed by atoms with Crippen LogP contribution < -0.4 is 5.56 Å². The molecule has 3 aromatic heterocycles. The van der Waals surface area contributed by atoms with Crippen LogP contribution in [-0.2, 0) is 11.2 Å². The quantitative estimate of drug-likeness (QED) is 0.748. The molecule has 0 saturated carbocycles. The van der Waals surface area contributed by atoms with Crippen molar-refractivity contribution in [3.63, 3.8) is 0 Å². The lowest BCUT2D eigenvalue weighted by Crippen LogP contribution is -2.23. The van der Waals surface area contributed by atoms with Crippen molar-refractivity contribution >= 4 is 11.6 Å². The highest BCUT2D eigenvalue weighted by atomic mass is 16.4. The molecule has 0 unspecified atom stereocenters. The number of rotatable bonds is 3. The fourth-order valence-electron chi connectivity index (χ4n) is 2.20. The third kappa shape index (κ3) is 2.29. The van der Waals surface area contributed by atoms with E-state index in [1.54, 1.807) is 37.5 Å². The predicted molar refractivity (Wildman–Crippen MR) is 75.1 cm³/mol.